The van der Waals surface area contributed by atoms with Gasteiger partial charge in [-0.3, -0.25) is 9.44 Å². The second-order valence-electron chi connectivity index (χ2n) is 4.69. The number of halogens is 4. The number of alkyl halides is 2. The summed E-state index contributed by atoms with van der Waals surface area (Å²) in [5, 5.41) is 0. The molecule has 6 nitrogen and oxygen atoms in total. The second-order valence-corrected chi connectivity index (χ2v) is 8.39. The molecule has 0 unspecified atom stereocenters. The zero-order valence-corrected chi connectivity index (χ0v) is 13.7. The molecule has 12 heteroatoms. The lowest BCUT2D eigenvalue weighted by Crippen LogP contribution is -2.44. The lowest BCUT2D eigenvalue weighted by atomic mass is 10.3. The number of hydrogen-bond acceptors (Lipinski definition) is 4. The van der Waals surface area contributed by atoms with Crippen LogP contribution >= 0.6 is 0 Å². The molecule has 0 aromatic heterocycles. The molecule has 0 spiro atoms. The first-order valence-electron chi connectivity index (χ1n) is 6.38. The summed E-state index contributed by atoms with van der Waals surface area (Å²) < 4.78 is 98.1. The Morgan fingerprint density at radius 3 is 1.20 bits per heavy atom. The van der Waals surface area contributed by atoms with Crippen LogP contribution in [-0.4, -0.2) is 21.4 Å². The van der Waals surface area contributed by atoms with Crippen LogP contribution in [0.4, 0.5) is 28.9 Å². The van der Waals surface area contributed by atoms with Crippen molar-refractivity contribution in [2.75, 3.05) is 9.44 Å². The van der Waals surface area contributed by atoms with Gasteiger partial charge in [0.1, 0.15) is 11.6 Å². The van der Waals surface area contributed by atoms with Crippen LogP contribution in [-0.2, 0) is 20.0 Å². The number of sulfonamides is 2. The molecule has 2 aromatic carbocycles. The molecule has 136 valence electrons. The maximum atomic E-state index is 14.1. The largest absolute Gasteiger partial charge is 0.483 e. The van der Waals surface area contributed by atoms with E-state index in [0.29, 0.717) is 0 Å². The molecule has 2 aromatic rings. The molecule has 0 aliphatic heterocycles. The normalized spacial score (nSPS) is 12.6. The molecule has 0 aliphatic carbocycles. The number of anilines is 2. The van der Waals surface area contributed by atoms with E-state index in [2.05, 4.69) is 0 Å². The van der Waals surface area contributed by atoms with E-state index >= 15 is 0 Å². The smallest absolute Gasteiger partial charge is 0.277 e. The molecule has 0 fully saturated rings. The zero-order chi connectivity index (χ0) is 18.9. The maximum Gasteiger partial charge on any atom is 0.483 e. The highest BCUT2D eigenvalue weighted by atomic mass is 32.3. The van der Waals surface area contributed by atoms with Gasteiger partial charge in [-0.25, -0.2) is 8.78 Å². The Kier molecular flexibility index (Phi) is 4.95. The quantitative estimate of drug-likeness (QED) is 0.732. The van der Waals surface area contributed by atoms with Gasteiger partial charge in [-0.2, -0.15) is 25.6 Å². The zero-order valence-electron chi connectivity index (χ0n) is 12.1. The Morgan fingerprint density at radius 1 is 0.640 bits per heavy atom. The van der Waals surface area contributed by atoms with Crippen LogP contribution in [0.2, 0.25) is 0 Å². The van der Waals surface area contributed by atoms with E-state index in [-0.39, 0.29) is 0 Å². The number of hydrogen-bond donors (Lipinski definition) is 2. The number of rotatable bonds is 6. The Balaban J connectivity index is 2.30. The molecule has 0 saturated heterocycles. The van der Waals surface area contributed by atoms with Gasteiger partial charge in [-0.05, 0) is 48.5 Å². The fraction of sp³-hybridized carbons (Fsp3) is 0.0769. The van der Waals surface area contributed by atoms with Gasteiger partial charge >= 0.3 is 24.6 Å². The third-order valence-electron chi connectivity index (χ3n) is 2.82. The van der Waals surface area contributed by atoms with Crippen molar-refractivity contribution in [1.82, 2.24) is 0 Å². The highest BCUT2D eigenvalue weighted by molar-refractivity contribution is 8.10. The van der Waals surface area contributed by atoms with E-state index in [9.17, 15) is 34.4 Å². The summed E-state index contributed by atoms with van der Waals surface area (Å²) >= 11 is 0. The summed E-state index contributed by atoms with van der Waals surface area (Å²) in [6, 6.07) is 6.52. The topological polar surface area (TPSA) is 92.3 Å². The number of nitrogens with one attached hydrogen (secondary N) is 2. The first-order valence-corrected chi connectivity index (χ1v) is 9.35. The first-order chi connectivity index (χ1) is 11.4. The van der Waals surface area contributed by atoms with Crippen LogP contribution in [0.5, 0.6) is 0 Å². The molecule has 25 heavy (non-hydrogen) atoms. The minimum Gasteiger partial charge on any atom is -0.277 e. The fourth-order valence-corrected chi connectivity index (χ4v) is 4.15. The molecule has 2 N–H and O–H groups in total. The monoisotopic (exact) mass is 398 g/mol. The number of benzene rings is 2. The van der Waals surface area contributed by atoms with Crippen LogP contribution in [0.15, 0.2) is 48.5 Å². The summed E-state index contributed by atoms with van der Waals surface area (Å²) in [4.78, 5) is 0. The molecule has 0 bridgehead atoms. The maximum absolute atomic E-state index is 14.1. The lowest BCUT2D eigenvalue weighted by molar-refractivity contribution is 0.182. The van der Waals surface area contributed by atoms with Crippen molar-refractivity contribution in [2.24, 2.45) is 0 Å². The van der Waals surface area contributed by atoms with Crippen LogP contribution in [0.3, 0.4) is 0 Å². The average molecular weight is 398 g/mol. The van der Waals surface area contributed by atoms with Crippen molar-refractivity contribution in [2.45, 2.75) is 4.59 Å². The van der Waals surface area contributed by atoms with Gasteiger partial charge in [0.25, 0.3) is 0 Å². The van der Waals surface area contributed by atoms with Gasteiger partial charge < -0.3 is 0 Å². The Bertz CT molecular complexity index is 881. The summed E-state index contributed by atoms with van der Waals surface area (Å²) in [5.74, 6) is -1.50. The van der Waals surface area contributed by atoms with E-state index in [4.69, 9.17) is 0 Å². The summed E-state index contributed by atoms with van der Waals surface area (Å²) in [5.41, 5.74) is -0.920. The minimum absolute atomic E-state index is 0.460. The highest BCUT2D eigenvalue weighted by Crippen LogP contribution is 2.31. The molecule has 0 heterocycles. The summed E-state index contributed by atoms with van der Waals surface area (Å²) in [6.45, 7) is 0. The second kappa shape index (κ2) is 6.52. The first kappa shape index (κ1) is 19.0. The lowest BCUT2D eigenvalue weighted by Gasteiger charge is -2.19. The summed E-state index contributed by atoms with van der Waals surface area (Å²) in [6.07, 6.45) is 0. The molecule has 0 saturated carbocycles. The standard InChI is InChI=1S/C13H10F4N2O4S2/c14-9-1-5-11(6-2-9)18-24(20,21)13(16,17)25(22,23)19-12-7-3-10(15)4-8-12/h1-8,18-19H. The minimum atomic E-state index is -5.74. The Hall–Kier alpha value is -2.34. The van der Waals surface area contributed by atoms with Crippen LogP contribution in [0, 0.1) is 11.6 Å². The highest BCUT2D eigenvalue weighted by Gasteiger charge is 2.58. The van der Waals surface area contributed by atoms with Gasteiger partial charge in [0.05, 0.1) is 0 Å². The van der Waals surface area contributed by atoms with Crippen molar-refractivity contribution in [3.8, 4) is 0 Å². The molecule has 2 rings (SSSR count). The van der Waals surface area contributed by atoms with Crippen molar-refractivity contribution in [1.29, 1.82) is 0 Å². The van der Waals surface area contributed by atoms with E-state index < -0.39 is 47.6 Å². The average Bonchev–Trinajstić information content (AvgIpc) is 2.51. The van der Waals surface area contributed by atoms with Gasteiger partial charge in [0.2, 0.25) is 0 Å². The van der Waals surface area contributed by atoms with E-state index in [1.807, 2.05) is 0 Å². The predicted molar refractivity (Wildman–Crippen MR) is 82.8 cm³/mol. The van der Waals surface area contributed by atoms with Crippen LogP contribution < -0.4 is 9.44 Å². The third kappa shape index (κ3) is 4.02. The molecular weight excluding hydrogens is 388 g/mol. The van der Waals surface area contributed by atoms with Gasteiger partial charge in [0.15, 0.2) is 0 Å². The summed E-state index contributed by atoms with van der Waals surface area (Å²) in [7, 11) is -11.5. The SMILES string of the molecule is O=S(=O)(Nc1ccc(F)cc1)C(F)(F)S(=O)(=O)Nc1ccc(F)cc1. The fourth-order valence-electron chi connectivity index (χ4n) is 1.61. The molecule has 0 amide bonds. The Morgan fingerprint density at radius 2 is 0.920 bits per heavy atom. The van der Waals surface area contributed by atoms with E-state index in [0.717, 1.165) is 48.5 Å². The molecular formula is C13H10F4N2O4S2. The van der Waals surface area contributed by atoms with E-state index in [1.165, 1.54) is 9.44 Å². The molecule has 0 atom stereocenters. The molecule has 0 aliphatic rings. The molecule has 0 radical (unpaired) electrons. The van der Waals surface area contributed by atoms with Crippen LogP contribution in [0.25, 0.3) is 0 Å². The van der Waals surface area contributed by atoms with Crippen LogP contribution in [0.1, 0.15) is 0 Å². The van der Waals surface area contributed by atoms with Gasteiger partial charge in [-0.1, -0.05) is 0 Å². The van der Waals surface area contributed by atoms with Gasteiger partial charge in [0, 0.05) is 11.4 Å². The Labute approximate surface area is 140 Å². The van der Waals surface area contributed by atoms with Crippen molar-refractivity contribution in [3.05, 3.63) is 60.2 Å². The third-order valence-corrected chi connectivity index (χ3v) is 6.40. The van der Waals surface area contributed by atoms with Crippen molar-refractivity contribution < 1.29 is 34.4 Å². The van der Waals surface area contributed by atoms with Gasteiger partial charge in [-0.15, -0.1) is 0 Å². The van der Waals surface area contributed by atoms with Crippen molar-refractivity contribution in [3.63, 3.8) is 0 Å². The predicted octanol–water partition coefficient (Wildman–Crippen LogP) is 2.70. The van der Waals surface area contributed by atoms with Crippen molar-refractivity contribution >= 4 is 31.4 Å². The van der Waals surface area contributed by atoms with E-state index in [1.54, 1.807) is 0 Å².